The Hall–Kier alpha value is -3.80. The van der Waals surface area contributed by atoms with Gasteiger partial charge in [0.15, 0.2) is 5.65 Å². The van der Waals surface area contributed by atoms with Crippen molar-refractivity contribution in [3.05, 3.63) is 48.0 Å². The molecule has 0 bridgehead atoms. The Labute approximate surface area is 164 Å². The number of amides is 1. The Bertz CT molecular complexity index is 1420. The molecule has 0 saturated heterocycles. The molecule has 1 aromatic carbocycles. The van der Waals surface area contributed by atoms with E-state index in [4.69, 9.17) is 0 Å². The Morgan fingerprint density at radius 2 is 2.00 bits per heavy atom. The normalized spacial score (nSPS) is 14.1. The maximum Gasteiger partial charge on any atom is 0.295 e. The monoisotopic (exact) mass is 410 g/mol. The summed E-state index contributed by atoms with van der Waals surface area (Å²) in [6.07, 6.45) is 1.51. The Morgan fingerprint density at radius 3 is 2.83 bits per heavy atom. The Morgan fingerprint density at radius 1 is 1.21 bits per heavy atom. The van der Waals surface area contributed by atoms with Crippen LogP contribution in [0.1, 0.15) is 16.3 Å². The van der Waals surface area contributed by atoms with E-state index in [0.29, 0.717) is 17.0 Å². The minimum atomic E-state index is -3.78. The van der Waals surface area contributed by atoms with Gasteiger partial charge in [-0.1, -0.05) is 12.1 Å². The van der Waals surface area contributed by atoms with Crippen LogP contribution in [0.2, 0.25) is 0 Å². The lowest BCUT2D eigenvalue weighted by Gasteiger charge is -2.17. The van der Waals surface area contributed by atoms with E-state index in [0.717, 1.165) is 11.1 Å². The van der Waals surface area contributed by atoms with Crippen molar-refractivity contribution >= 4 is 38.6 Å². The van der Waals surface area contributed by atoms with E-state index in [1.165, 1.54) is 16.9 Å². The van der Waals surface area contributed by atoms with Gasteiger partial charge in [0.05, 0.1) is 23.3 Å². The molecular formula is C17H14N8O3S. The first kappa shape index (κ1) is 17.3. The summed E-state index contributed by atoms with van der Waals surface area (Å²) in [7, 11) is -1.99. The summed E-state index contributed by atoms with van der Waals surface area (Å²) in [6.45, 7) is 1.85. The molecule has 1 amide bonds. The highest BCUT2D eigenvalue weighted by atomic mass is 32.2. The molecule has 146 valence electrons. The van der Waals surface area contributed by atoms with Crippen LogP contribution in [0, 0.1) is 6.92 Å². The van der Waals surface area contributed by atoms with Crippen LogP contribution in [0.3, 0.4) is 0 Å². The number of rotatable bonds is 2. The fraction of sp³-hybridized carbons (Fsp3) is 0.118. The van der Waals surface area contributed by atoms with Crippen molar-refractivity contribution in [2.24, 2.45) is 7.05 Å². The van der Waals surface area contributed by atoms with E-state index < -0.39 is 15.9 Å². The van der Waals surface area contributed by atoms with Crippen molar-refractivity contribution in [2.45, 2.75) is 11.8 Å². The van der Waals surface area contributed by atoms with E-state index >= 15 is 0 Å². The lowest BCUT2D eigenvalue weighted by molar-refractivity contribution is 0.101. The van der Waals surface area contributed by atoms with E-state index in [9.17, 15) is 13.2 Å². The molecular weight excluding hydrogens is 396 g/mol. The fourth-order valence-electron chi connectivity index (χ4n) is 3.24. The van der Waals surface area contributed by atoms with Gasteiger partial charge in [-0.05, 0) is 25.1 Å². The number of anilines is 2. The highest BCUT2D eigenvalue weighted by Gasteiger charge is 2.31. The zero-order valence-electron chi connectivity index (χ0n) is 15.3. The molecule has 5 rings (SSSR count). The maximum absolute atomic E-state index is 12.7. The molecule has 0 aliphatic carbocycles. The predicted molar refractivity (Wildman–Crippen MR) is 103 cm³/mol. The molecule has 0 radical (unpaired) electrons. The third-order valence-corrected chi connectivity index (χ3v) is 5.92. The van der Waals surface area contributed by atoms with Gasteiger partial charge in [-0.15, -0.1) is 5.10 Å². The first-order chi connectivity index (χ1) is 13.8. The summed E-state index contributed by atoms with van der Waals surface area (Å²) in [5.74, 6) is -0.820. The average Bonchev–Trinajstić information content (AvgIpc) is 3.22. The minimum absolute atomic E-state index is 0.0504. The number of hydrogen-bond donors (Lipinski definition) is 2. The lowest BCUT2D eigenvalue weighted by atomic mass is 10.2. The number of pyridine rings is 1. The van der Waals surface area contributed by atoms with Crippen molar-refractivity contribution in [1.82, 2.24) is 29.5 Å². The van der Waals surface area contributed by atoms with Crippen LogP contribution in [0.15, 0.2) is 41.4 Å². The molecule has 2 N–H and O–H groups in total. The summed E-state index contributed by atoms with van der Waals surface area (Å²) in [6, 6.07) is 8.10. The SMILES string of the molecule is Cc1nn(C)c2ncc(NC(=O)c3nc4n(n3)-c3ccccc3S(=O)(=O)N4)cc12. The molecule has 1 aliphatic heterocycles. The first-order valence-corrected chi connectivity index (χ1v) is 10.0. The highest BCUT2D eigenvalue weighted by molar-refractivity contribution is 7.92. The zero-order valence-corrected chi connectivity index (χ0v) is 16.1. The fourth-order valence-corrected chi connectivity index (χ4v) is 4.41. The number of benzene rings is 1. The minimum Gasteiger partial charge on any atom is -0.318 e. The first-order valence-electron chi connectivity index (χ1n) is 8.53. The van der Waals surface area contributed by atoms with Crippen LogP contribution in [0.25, 0.3) is 16.7 Å². The highest BCUT2D eigenvalue weighted by Crippen LogP contribution is 2.29. The number of aryl methyl sites for hydroxylation is 2. The summed E-state index contributed by atoms with van der Waals surface area (Å²) in [4.78, 5) is 21.1. The molecule has 0 fully saturated rings. The number of sulfonamides is 1. The van der Waals surface area contributed by atoms with Crippen molar-refractivity contribution < 1.29 is 13.2 Å². The van der Waals surface area contributed by atoms with Crippen molar-refractivity contribution in [3.63, 3.8) is 0 Å². The molecule has 11 nitrogen and oxygen atoms in total. The van der Waals surface area contributed by atoms with Crippen molar-refractivity contribution in [2.75, 3.05) is 10.0 Å². The van der Waals surface area contributed by atoms with Gasteiger partial charge in [-0.2, -0.15) is 14.8 Å². The second kappa shape index (κ2) is 5.85. The van der Waals surface area contributed by atoms with Crippen LogP contribution in [-0.2, 0) is 17.1 Å². The van der Waals surface area contributed by atoms with Gasteiger partial charge < -0.3 is 5.32 Å². The van der Waals surface area contributed by atoms with Crippen molar-refractivity contribution in [3.8, 4) is 5.69 Å². The van der Waals surface area contributed by atoms with Crippen LogP contribution < -0.4 is 10.0 Å². The largest absolute Gasteiger partial charge is 0.318 e. The van der Waals surface area contributed by atoms with E-state index in [1.54, 1.807) is 36.0 Å². The number of aromatic nitrogens is 6. The summed E-state index contributed by atoms with van der Waals surface area (Å²) in [5.41, 5.74) is 2.25. The van der Waals surface area contributed by atoms with Crippen LogP contribution in [-0.4, -0.2) is 43.9 Å². The van der Waals surface area contributed by atoms with Gasteiger partial charge in [0.2, 0.25) is 11.8 Å². The number of fused-ring (bicyclic) bond motifs is 4. The smallest absolute Gasteiger partial charge is 0.295 e. The standard InChI is InChI=1S/C17H14N8O3S/c1-9-11-7-10(8-18-15(11)24(2)21-9)19-16(26)14-20-17-23-29(27,28)13-6-4-3-5-12(13)25(17)22-14/h3-8H,1-2H3,(H,19,26)(H,20,22,23). The van der Waals surface area contributed by atoms with Gasteiger partial charge in [0.25, 0.3) is 15.9 Å². The number of para-hydroxylation sites is 1. The number of carbonyl (C=O) groups excluding carboxylic acids is 1. The van der Waals surface area contributed by atoms with E-state index in [2.05, 4.69) is 30.2 Å². The van der Waals surface area contributed by atoms with Gasteiger partial charge in [0.1, 0.15) is 4.90 Å². The van der Waals surface area contributed by atoms with Crippen molar-refractivity contribution in [1.29, 1.82) is 0 Å². The number of nitrogens with one attached hydrogen (secondary N) is 2. The lowest BCUT2D eigenvalue weighted by Crippen LogP contribution is -2.23. The predicted octanol–water partition coefficient (Wildman–Crippen LogP) is 1.22. The van der Waals surface area contributed by atoms with Gasteiger partial charge in [-0.3, -0.25) is 9.48 Å². The Balaban J connectivity index is 1.50. The zero-order chi connectivity index (χ0) is 20.3. The summed E-state index contributed by atoms with van der Waals surface area (Å²) in [5, 5.41) is 12.0. The Kier molecular flexibility index (Phi) is 3.49. The van der Waals surface area contributed by atoms with E-state index in [1.807, 2.05) is 6.92 Å². The molecule has 0 saturated carbocycles. The maximum atomic E-state index is 12.7. The van der Waals surface area contributed by atoms with Gasteiger partial charge >= 0.3 is 0 Å². The van der Waals surface area contributed by atoms with Gasteiger partial charge in [0, 0.05) is 12.4 Å². The third kappa shape index (κ3) is 2.64. The summed E-state index contributed by atoms with van der Waals surface area (Å²) >= 11 is 0. The topological polar surface area (TPSA) is 137 Å². The molecule has 0 atom stereocenters. The van der Waals surface area contributed by atoms with Crippen LogP contribution >= 0.6 is 0 Å². The molecule has 12 heteroatoms. The molecule has 4 heterocycles. The molecule has 29 heavy (non-hydrogen) atoms. The molecule has 0 spiro atoms. The molecule has 0 unspecified atom stereocenters. The number of carbonyl (C=O) groups is 1. The third-order valence-electron chi connectivity index (χ3n) is 4.54. The van der Waals surface area contributed by atoms with Crippen LogP contribution in [0.5, 0.6) is 0 Å². The quantitative estimate of drug-likeness (QED) is 0.507. The summed E-state index contributed by atoms with van der Waals surface area (Å²) < 4.78 is 30.0. The molecule has 4 aromatic rings. The average molecular weight is 410 g/mol. The molecule has 3 aromatic heterocycles. The van der Waals surface area contributed by atoms with Gasteiger partial charge in [-0.25, -0.2) is 18.1 Å². The second-order valence-corrected chi connectivity index (χ2v) is 8.15. The number of hydrogen-bond acceptors (Lipinski definition) is 7. The van der Waals surface area contributed by atoms with Crippen LogP contribution in [0.4, 0.5) is 11.6 Å². The second-order valence-electron chi connectivity index (χ2n) is 6.50. The molecule has 1 aliphatic rings. The van der Waals surface area contributed by atoms with E-state index in [-0.39, 0.29) is 16.7 Å². The number of nitrogens with zero attached hydrogens (tertiary/aromatic N) is 6.